The third kappa shape index (κ3) is 4.09. The molecule has 0 spiro atoms. The van der Waals surface area contributed by atoms with Crippen LogP contribution in [0.3, 0.4) is 0 Å². The molecule has 146 valence electrons. The summed E-state index contributed by atoms with van der Waals surface area (Å²) >= 11 is 0. The maximum Gasteiger partial charge on any atom is 0.312 e. The second-order valence-corrected chi connectivity index (χ2v) is 6.87. The number of nitro groups is 1. The maximum absolute atomic E-state index is 12.8. The number of Topliss-reactive ketones (excluding diaryl/α,β-unsaturated/α-hetero) is 1. The van der Waals surface area contributed by atoms with Crippen LogP contribution < -0.4 is 0 Å². The first-order chi connectivity index (χ1) is 13.4. The highest BCUT2D eigenvalue weighted by Crippen LogP contribution is 2.37. The number of benzene rings is 2. The van der Waals surface area contributed by atoms with Crippen molar-refractivity contribution in [2.24, 2.45) is 5.41 Å². The zero-order valence-corrected chi connectivity index (χ0v) is 15.6. The maximum atomic E-state index is 12.8. The second kappa shape index (κ2) is 8.31. The second-order valence-electron chi connectivity index (χ2n) is 6.87. The van der Waals surface area contributed by atoms with Crippen LogP contribution >= 0.6 is 0 Å². The molecule has 1 heterocycles. The van der Waals surface area contributed by atoms with E-state index >= 15 is 0 Å². The first kappa shape index (κ1) is 19.7. The highest BCUT2D eigenvalue weighted by Gasteiger charge is 2.43. The van der Waals surface area contributed by atoms with E-state index in [2.05, 4.69) is 0 Å². The minimum atomic E-state index is -0.832. The lowest BCUT2D eigenvalue weighted by molar-refractivity contribution is -0.384. The Labute approximate surface area is 162 Å². The summed E-state index contributed by atoms with van der Waals surface area (Å²) in [6.45, 7) is 0.864. The monoisotopic (exact) mass is 383 g/mol. The van der Waals surface area contributed by atoms with E-state index < -0.39 is 10.3 Å². The van der Waals surface area contributed by atoms with E-state index in [0.717, 1.165) is 11.1 Å². The summed E-state index contributed by atoms with van der Waals surface area (Å²) in [6, 6.07) is 13.2. The van der Waals surface area contributed by atoms with Gasteiger partial charge in [-0.3, -0.25) is 19.7 Å². The lowest BCUT2D eigenvalue weighted by Gasteiger charge is -2.33. The fourth-order valence-electron chi connectivity index (χ4n) is 3.47. The molecule has 7 nitrogen and oxygen atoms in total. The van der Waals surface area contributed by atoms with Crippen LogP contribution in [0.1, 0.15) is 29.6 Å². The molecule has 0 aromatic heterocycles. The Balaban J connectivity index is 1.76. The molecule has 0 aliphatic carbocycles. The van der Waals surface area contributed by atoms with Gasteiger partial charge in [0, 0.05) is 37.3 Å². The Morgan fingerprint density at radius 3 is 2.07 bits per heavy atom. The van der Waals surface area contributed by atoms with Crippen molar-refractivity contribution in [3.63, 3.8) is 0 Å². The van der Waals surface area contributed by atoms with E-state index in [9.17, 15) is 19.7 Å². The molecule has 1 aliphatic rings. The van der Waals surface area contributed by atoms with Gasteiger partial charge in [0.1, 0.15) is 0 Å². The molecule has 1 saturated heterocycles. The van der Waals surface area contributed by atoms with Crippen molar-refractivity contribution in [3.8, 4) is 11.1 Å². The van der Waals surface area contributed by atoms with Crippen LogP contribution in [0.2, 0.25) is 0 Å². The highest BCUT2D eigenvalue weighted by atomic mass is 16.6. The van der Waals surface area contributed by atoms with Crippen LogP contribution in [0.15, 0.2) is 48.5 Å². The number of rotatable bonds is 6. The molecule has 0 atom stereocenters. The topological polar surface area (TPSA) is 95.7 Å². The van der Waals surface area contributed by atoms with Gasteiger partial charge >= 0.3 is 5.97 Å². The van der Waals surface area contributed by atoms with Gasteiger partial charge < -0.3 is 9.47 Å². The van der Waals surface area contributed by atoms with E-state index in [1.807, 2.05) is 0 Å². The Kier molecular flexibility index (Phi) is 5.84. The highest BCUT2D eigenvalue weighted by molar-refractivity contribution is 5.99. The third-order valence-corrected chi connectivity index (χ3v) is 5.19. The minimum absolute atomic E-state index is 0.0279. The number of nitrogens with zero attached hydrogens (tertiary/aromatic N) is 1. The lowest BCUT2D eigenvalue weighted by Crippen LogP contribution is -2.40. The van der Waals surface area contributed by atoms with Gasteiger partial charge in [0.2, 0.25) is 0 Å². The van der Waals surface area contributed by atoms with Crippen LogP contribution in [0.4, 0.5) is 5.69 Å². The summed E-state index contributed by atoms with van der Waals surface area (Å²) in [5.74, 6) is -0.491. The van der Waals surface area contributed by atoms with Crippen LogP contribution in [0, 0.1) is 15.5 Å². The van der Waals surface area contributed by atoms with Gasteiger partial charge in [0.05, 0.1) is 17.4 Å². The Bertz CT molecular complexity index is 867. The number of ether oxygens (including phenoxy) is 2. The first-order valence-electron chi connectivity index (χ1n) is 8.99. The van der Waals surface area contributed by atoms with E-state index in [1.54, 1.807) is 36.4 Å². The summed E-state index contributed by atoms with van der Waals surface area (Å²) in [4.78, 5) is 35.4. The van der Waals surface area contributed by atoms with E-state index in [0.29, 0.717) is 31.6 Å². The largest absolute Gasteiger partial charge is 0.469 e. The van der Waals surface area contributed by atoms with Crippen molar-refractivity contribution in [1.29, 1.82) is 0 Å². The average molecular weight is 383 g/mol. The fraction of sp³-hybridized carbons (Fsp3) is 0.333. The Morgan fingerprint density at radius 2 is 1.57 bits per heavy atom. The zero-order chi connectivity index (χ0) is 20.1. The minimum Gasteiger partial charge on any atom is -0.469 e. The molecule has 1 fully saturated rings. The fourth-order valence-corrected chi connectivity index (χ4v) is 3.47. The molecule has 0 unspecified atom stereocenters. The molecule has 1 aliphatic heterocycles. The number of hydrogen-bond donors (Lipinski definition) is 0. The number of carbonyl (C=O) groups excluding carboxylic acids is 2. The van der Waals surface area contributed by atoms with E-state index in [-0.39, 0.29) is 23.9 Å². The Hall–Kier alpha value is -3.06. The van der Waals surface area contributed by atoms with Crippen molar-refractivity contribution < 1.29 is 24.0 Å². The number of esters is 1. The summed E-state index contributed by atoms with van der Waals surface area (Å²) in [6.07, 6.45) is 1.01. The predicted octanol–water partition coefficient (Wildman–Crippen LogP) is 3.80. The van der Waals surface area contributed by atoms with E-state index in [4.69, 9.17) is 9.47 Å². The number of hydrogen-bond acceptors (Lipinski definition) is 6. The van der Waals surface area contributed by atoms with Crippen LogP contribution in [0.5, 0.6) is 0 Å². The molecule has 0 bridgehead atoms. The molecule has 0 N–H and O–H groups in total. The normalized spacial score (nSPS) is 15.6. The van der Waals surface area contributed by atoms with E-state index in [1.165, 1.54) is 19.2 Å². The molecule has 7 heteroatoms. The number of non-ortho nitro benzene ring substituents is 1. The molecule has 0 saturated carbocycles. The summed E-state index contributed by atoms with van der Waals surface area (Å²) < 4.78 is 10.3. The van der Waals surface area contributed by atoms with Crippen LogP contribution in [0.25, 0.3) is 11.1 Å². The molecule has 2 aromatic carbocycles. The van der Waals surface area contributed by atoms with Crippen molar-refractivity contribution in [1.82, 2.24) is 0 Å². The van der Waals surface area contributed by atoms with Crippen molar-refractivity contribution >= 4 is 17.4 Å². The van der Waals surface area contributed by atoms with Gasteiger partial charge in [-0.1, -0.05) is 24.3 Å². The van der Waals surface area contributed by atoms with Gasteiger partial charge in [-0.05, 0) is 36.1 Å². The van der Waals surface area contributed by atoms with Gasteiger partial charge in [-0.2, -0.15) is 0 Å². The van der Waals surface area contributed by atoms with Crippen molar-refractivity contribution in [2.75, 3.05) is 20.3 Å². The van der Waals surface area contributed by atoms with Gasteiger partial charge in [0.15, 0.2) is 5.78 Å². The number of carbonyl (C=O) groups is 2. The summed E-state index contributed by atoms with van der Waals surface area (Å²) in [5.41, 5.74) is 1.38. The van der Waals surface area contributed by atoms with Crippen LogP contribution in [-0.4, -0.2) is 37.0 Å². The SMILES string of the molecule is COC(=O)C1(CC(=O)c2ccc(-c3ccc([N+](=O)[O-])cc3)cc2)CCOCC1. The van der Waals surface area contributed by atoms with Crippen molar-refractivity contribution in [2.45, 2.75) is 19.3 Å². The average Bonchev–Trinajstić information content (AvgIpc) is 2.74. The van der Waals surface area contributed by atoms with Gasteiger partial charge in [-0.15, -0.1) is 0 Å². The summed E-state index contributed by atoms with van der Waals surface area (Å²) in [5, 5.41) is 10.8. The molecule has 0 amide bonds. The molecule has 0 radical (unpaired) electrons. The van der Waals surface area contributed by atoms with Crippen molar-refractivity contribution in [3.05, 3.63) is 64.2 Å². The first-order valence-corrected chi connectivity index (χ1v) is 8.99. The van der Waals surface area contributed by atoms with Gasteiger partial charge in [0.25, 0.3) is 5.69 Å². The standard InChI is InChI=1S/C21H21NO6/c1-27-20(24)21(10-12-28-13-11-21)14-19(23)17-4-2-15(3-5-17)16-6-8-18(9-7-16)22(25)26/h2-9H,10-14H2,1H3. The molecular weight excluding hydrogens is 362 g/mol. The number of ketones is 1. The van der Waals surface area contributed by atoms with Gasteiger partial charge in [-0.25, -0.2) is 0 Å². The quantitative estimate of drug-likeness (QED) is 0.326. The Morgan fingerprint density at radius 1 is 1.04 bits per heavy atom. The molecule has 2 aromatic rings. The molecular formula is C21H21NO6. The predicted molar refractivity (Wildman–Crippen MR) is 102 cm³/mol. The lowest BCUT2D eigenvalue weighted by atomic mass is 9.75. The molecule has 28 heavy (non-hydrogen) atoms. The molecule has 3 rings (SSSR count). The number of nitro benzene ring substituents is 1. The van der Waals surface area contributed by atoms with Crippen LogP contribution in [-0.2, 0) is 14.3 Å². The smallest absolute Gasteiger partial charge is 0.312 e. The summed E-state index contributed by atoms with van der Waals surface area (Å²) in [7, 11) is 1.34. The third-order valence-electron chi connectivity index (χ3n) is 5.19. The zero-order valence-electron chi connectivity index (χ0n) is 15.6. The number of methoxy groups -OCH3 is 1.